The molecule has 3 rings (SSSR count). The van der Waals surface area contributed by atoms with Crippen molar-refractivity contribution < 1.29 is 23.6 Å². The number of nitrogens with zero attached hydrogens (tertiary/aromatic N) is 1. The molecule has 0 radical (unpaired) electrons. The van der Waals surface area contributed by atoms with E-state index >= 15 is 0 Å². The molecule has 0 aliphatic carbocycles. The van der Waals surface area contributed by atoms with Crippen LogP contribution in [0.15, 0.2) is 48.5 Å². The molecular weight excluding hydrogens is 363 g/mol. The van der Waals surface area contributed by atoms with Crippen molar-refractivity contribution >= 4 is 44.7 Å². The highest BCUT2D eigenvalue weighted by Gasteiger charge is 2.15. The van der Waals surface area contributed by atoms with Gasteiger partial charge in [-0.05, 0) is 24.3 Å². The third-order valence-corrected chi connectivity index (χ3v) is 4.46. The van der Waals surface area contributed by atoms with Crippen LogP contribution in [-0.4, -0.2) is 23.4 Å². The second-order valence-electron chi connectivity index (χ2n) is 5.19. The quantitative estimate of drug-likeness (QED) is 0.417. The largest absolute Gasteiger partial charge is 0.451 e. The van der Waals surface area contributed by atoms with Gasteiger partial charge in [0.15, 0.2) is 6.61 Å². The summed E-state index contributed by atoms with van der Waals surface area (Å²) in [6.07, 6.45) is 0. The molecule has 0 saturated heterocycles. The minimum absolute atomic E-state index is 0.174. The van der Waals surface area contributed by atoms with Crippen molar-refractivity contribution in [3.63, 3.8) is 0 Å². The van der Waals surface area contributed by atoms with Crippen molar-refractivity contribution in [2.45, 2.75) is 0 Å². The number of non-ortho nitro benzene ring substituents is 1. The number of rotatable bonds is 5. The van der Waals surface area contributed by atoms with Crippen LogP contribution in [0.1, 0.15) is 9.67 Å². The van der Waals surface area contributed by atoms with Crippen LogP contribution in [-0.2, 0) is 9.53 Å². The van der Waals surface area contributed by atoms with Crippen LogP contribution < -0.4 is 5.32 Å². The number of anilines is 1. The van der Waals surface area contributed by atoms with Crippen LogP contribution in [0.5, 0.6) is 0 Å². The van der Waals surface area contributed by atoms with Gasteiger partial charge in [-0.25, -0.2) is 9.18 Å². The summed E-state index contributed by atoms with van der Waals surface area (Å²) < 4.78 is 19.2. The maximum atomic E-state index is 13.7. The van der Waals surface area contributed by atoms with Gasteiger partial charge in [-0.15, -0.1) is 11.3 Å². The Morgan fingerprint density at radius 2 is 1.96 bits per heavy atom. The van der Waals surface area contributed by atoms with Crippen LogP contribution in [0.25, 0.3) is 10.1 Å². The van der Waals surface area contributed by atoms with Gasteiger partial charge in [-0.1, -0.05) is 12.1 Å². The average Bonchev–Trinajstić information content (AvgIpc) is 3.06. The highest BCUT2D eigenvalue weighted by Crippen LogP contribution is 2.28. The van der Waals surface area contributed by atoms with Crippen molar-refractivity contribution in [1.82, 2.24) is 0 Å². The fraction of sp³-hybridized carbons (Fsp3) is 0.0588. The number of hydrogen-bond acceptors (Lipinski definition) is 6. The van der Waals surface area contributed by atoms with Crippen LogP contribution in [0.2, 0.25) is 0 Å². The summed E-state index contributed by atoms with van der Waals surface area (Å²) in [5.41, 5.74) is 0.0382. The Labute approximate surface area is 150 Å². The lowest BCUT2D eigenvalue weighted by Crippen LogP contribution is -2.20. The summed E-state index contributed by atoms with van der Waals surface area (Å²) in [5.74, 6) is -1.84. The highest BCUT2D eigenvalue weighted by molar-refractivity contribution is 7.20. The van der Waals surface area contributed by atoms with Gasteiger partial charge in [0, 0.05) is 27.9 Å². The van der Waals surface area contributed by atoms with E-state index in [-0.39, 0.29) is 16.3 Å². The molecule has 0 aliphatic heterocycles. The molecule has 0 saturated carbocycles. The first-order valence-electron chi connectivity index (χ1n) is 7.33. The van der Waals surface area contributed by atoms with Crippen molar-refractivity contribution in [2.24, 2.45) is 0 Å². The molecule has 1 aromatic heterocycles. The van der Waals surface area contributed by atoms with Crippen LogP contribution in [0, 0.1) is 15.9 Å². The third-order valence-electron chi connectivity index (χ3n) is 3.38. The van der Waals surface area contributed by atoms with E-state index in [0.717, 1.165) is 11.3 Å². The zero-order valence-corrected chi connectivity index (χ0v) is 13.9. The van der Waals surface area contributed by atoms with Gasteiger partial charge in [0.2, 0.25) is 0 Å². The molecule has 0 bridgehead atoms. The molecule has 2 aromatic carbocycles. The van der Waals surface area contributed by atoms with E-state index < -0.39 is 29.2 Å². The minimum Gasteiger partial charge on any atom is -0.451 e. The summed E-state index contributed by atoms with van der Waals surface area (Å²) in [6.45, 7) is -0.571. The number of fused-ring (bicyclic) bond motifs is 1. The predicted molar refractivity (Wildman–Crippen MR) is 93.8 cm³/mol. The van der Waals surface area contributed by atoms with E-state index in [4.69, 9.17) is 4.74 Å². The number of halogens is 1. The van der Waals surface area contributed by atoms with Gasteiger partial charge in [-0.3, -0.25) is 14.9 Å². The van der Waals surface area contributed by atoms with Crippen LogP contribution in [0.3, 0.4) is 0 Å². The lowest BCUT2D eigenvalue weighted by atomic mass is 10.2. The molecule has 1 amide bonds. The Hall–Kier alpha value is -3.33. The number of amides is 1. The second kappa shape index (κ2) is 7.28. The summed E-state index contributed by atoms with van der Waals surface area (Å²) in [6, 6.07) is 11.2. The molecule has 0 fully saturated rings. The SMILES string of the molecule is O=C(COC(=O)c1cc2c(F)cccc2s1)Nc1cccc([N+](=O)[O-])c1. The Morgan fingerprint density at radius 1 is 1.19 bits per heavy atom. The Kier molecular flexibility index (Phi) is 4.90. The molecular formula is C17H11FN2O5S. The number of nitrogens with one attached hydrogen (secondary N) is 1. The molecule has 132 valence electrons. The van der Waals surface area contributed by atoms with Gasteiger partial charge in [0.05, 0.1) is 4.92 Å². The number of nitro groups is 1. The van der Waals surface area contributed by atoms with Gasteiger partial charge >= 0.3 is 5.97 Å². The second-order valence-corrected chi connectivity index (χ2v) is 6.28. The van der Waals surface area contributed by atoms with Crippen LogP contribution >= 0.6 is 11.3 Å². The van der Waals surface area contributed by atoms with E-state index in [1.807, 2.05) is 0 Å². The zero-order chi connectivity index (χ0) is 18.7. The van der Waals surface area contributed by atoms with Crippen molar-refractivity contribution in [2.75, 3.05) is 11.9 Å². The number of carbonyl (C=O) groups is 2. The van der Waals surface area contributed by atoms with E-state index in [1.165, 1.54) is 42.5 Å². The van der Waals surface area contributed by atoms with Gasteiger partial charge in [0.25, 0.3) is 11.6 Å². The van der Waals surface area contributed by atoms with Crippen molar-refractivity contribution in [3.05, 3.63) is 69.3 Å². The van der Waals surface area contributed by atoms with E-state index in [1.54, 1.807) is 6.07 Å². The fourth-order valence-electron chi connectivity index (χ4n) is 2.22. The molecule has 3 aromatic rings. The number of benzene rings is 2. The monoisotopic (exact) mass is 374 g/mol. The zero-order valence-electron chi connectivity index (χ0n) is 13.1. The molecule has 0 atom stereocenters. The number of carbonyl (C=O) groups excluding carboxylic acids is 2. The predicted octanol–water partition coefficient (Wildman–Crippen LogP) is 3.74. The van der Waals surface area contributed by atoms with Crippen LogP contribution in [0.4, 0.5) is 15.8 Å². The Morgan fingerprint density at radius 3 is 2.69 bits per heavy atom. The first-order valence-corrected chi connectivity index (χ1v) is 8.15. The standard InChI is InChI=1S/C17H11FN2O5S/c18-13-5-2-6-14-12(13)8-15(26-14)17(22)25-9-16(21)19-10-3-1-4-11(7-10)20(23)24/h1-8H,9H2,(H,19,21). The molecule has 1 N–H and O–H groups in total. The summed E-state index contributed by atoms with van der Waals surface area (Å²) in [7, 11) is 0. The molecule has 0 unspecified atom stereocenters. The van der Waals surface area contributed by atoms with Gasteiger partial charge < -0.3 is 10.1 Å². The summed E-state index contributed by atoms with van der Waals surface area (Å²) in [5, 5.41) is 13.4. The Bertz CT molecular complexity index is 1020. The number of hydrogen-bond donors (Lipinski definition) is 1. The normalized spacial score (nSPS) is 10.5. The van der Waals surface area contributed by atoms with Gasteiger partial charge in [-0.2, -0.15) is 0 Å². The molecule has 0 aliphatic rings. The maximum absolute atomic E-state index is 13.7. The lowest BCUT2D eigenvalue weighted by molar-refractivity contribution is -0.384. The molecule has 7 nitrogen and oxygen atoms in total. The third kappa shape index (κ3) is 3.83. The number of esters is 1. The van der Waals surface area contributed by atoms with E-state index in [9.17, 15) is 24.1 Å². The summed E-state index contributed by atoms with van der Waals surface area (Å²) in [4.78, 5) is 34.2. The molecule has 0 spiro atoms. The van der Waals surface area contributed by atoms with E-state index in [0.29, 0.717) is 10.1 Å². The van der Waals surface area contributed by atoms with Crippen molar-refractivity contribution in [3.8, 4) is 0 Å². The molecule has 26 heavy (non-hydrogen) atoms. The average molecular weight is 374 g/mol. The highest BCUT2D eigenvalue weighted by atomic mass is 32.1. The topological polar surface area (TPSA) is 98.5 Å². The minimum atomic E-state index is -0.750. The molecule has 9 heteroatoms. The van der Waals surface area contributed by atoms with Gasteiger partial charge in [0.1, 0.15) is 10.7 Å². The Balaban J connectivity index is 1.61. The number of thiophene rings is 1. The number of ether oxygens (including phenoxy) is 1. The smallest absolute Gasteiger partial charge is 0.348 e. The summed E-state index contributed by atoms with van der Waals surface area (Å²) >= 11 is 1.06. The first kappa shape index (κ1) is 17.5. The molecule has 1 heterocycles. The fourth-order valence-corrected chi connectivity index (χ4v) is 3.19. The first-order chi connectivity index (χ1) is 12.4. The maximum Gasteiger partial charge on any atom is 0.348 e. The van der Waals surface area contributed by atoms with E-state index in [2.05, 4.69) is 5.32 Å². The lowest BCUT2D eigenvalue weighted by Gasteiger charge is -2.05. The van der Waals surface area contributed by atoms with Crippen molar-refractivity contribution in [1.29, 1.82) is 0 Å². The number of nitro benzene ring substituents is 1.